The van der Waals surface area contributed by atoms with Gasteiger partial charge in [0.1, 0.15) is 0 Å². The summed E-state index contributed by atoms with van der Waals surface area (Å²) in [6.45, 7) is 4.57. The molecule has 0 rings (SSSR count). The molecule has 0 nitrogen and oxygen atoms in total. The molecule has 0 bridgehead atoms. The third kappa shape index (κ3) is 50.0. The Morgan fingerprint density at radius 1 is 0.387 bits per heavy atom. The van der Waals surface area contributed by atoms with Crippen molar-refractivity contribution in [2.24, 2.45) is 0 Å². The van der Waals surface area contributed by atoms with E-state index in [1.165, 1.54) is 154 Å². The van der Waals surface area contributed by atoms with Crippen molar-refractivity contribution in [1.82, 2.24) is 0 Å². The van der Waals surface area contributed by atoms with Gasteiger partial charge in [-0.05, 0) is 25.2 Å². The van der Waals surface area contributed by atoms with Crippen LogP contribution in [0, 0.1) is 0 Å². The fourth-order valence-electron chi connectivity index (χ4n) is 3.62. The van der Waals surface area contributed by atoms with Crippen LogP contribution in [0.4, 0.5) is 0 Å². The summed E-state index contributed by atoms with van der Waals surface area (Å²) in [5.41, 5.74) is 0. The molecule has 0 fully saturated rings. The Morgan fingerprint density at radius 2 is 0.548 bits per heavy atom. The van der Waals surface area contributed by atoms with Crippen molar-refractivity contribution >= 4 is 38.9 Å². The molecule has 0 aromatic rings. The van der Waals surface area contributed by atoms with Crippen LogP contribution in [0.25, 0.3) is 0 Å². The molecule has 2 atom stereocenters. The number of hydrogen-bond acceptors (Lipinski definition) is 0. The van der Waals surface area contributed by atoms with Crippen LogP contribution >= 0.6 is 38.9 Å². The van der Waals surface area contributed by atoms with E-state index >= 15 is 0 Å². The van der Waals surface area contributed by atoms with Gasteiger partial charge in [-0.2, -0.15) is 0 Å². The minimum absolute atomic E-state index is 0.569. The molecule has 0 heterocycles. The summed E-state index contributed by atoms with van der Waals surface area (Å²) in [6, 6.07) is 0. The minimum atomic E-state index is 0.569. The fourth-order valence-corrected chi connectivity index (χ4v) is 4.19. The second-order valence-electron chi connectivity index (χ2n) is 8.69. The number of halogens is 2. The van der Waals surface area contributed by atoms with E-state index in [1.807, 2.05) is 0 Å². The molecule has 0 aromatic carbocycles. The average Bonchev–Trinajstić information content (AvgIpc) is 2.77. The Kier molecular flexibility index (Phi) is 50.9. The molecule has 31 heavy (non-hydrogen) atoms. The average molecular weight is 562 g/mol. The second kappa shape index (κ2) is 42.1. The molecule has 0 amide bonds. The molecule has 0 saturated carbocycles. The van der Waals surface area contributed by atoms with Gasteiger partial charge in [-0.3, -0.25) is 0 Å². The van der Waals surface area contributed by atoms with Gasteiger partial charge in [-0.25, -0.2) is 0 Å². The predicted octanol–water partition coefficient (Wildman–Crippen LogP) is 11.7. The first kappa shape index (κ1) is 37.5. The van der Waals surface area contributed by atoms with Crippen LogP contribution in [0.5, 0.6) is 0 Å². The fraction of sp³-hybridized carbons (Fsp3) is 1.00. The van der Waals surface area contributed by atoms with Gasteiger partial charge in [-0.1, -0.05) is 142 Å². The Bertz CT molecular complexity index is 212. The summed E-state index contributed by atoms with van der Waals surface area (Å²) in [5, 5.41) is 0. The zero-order valence-electron chi connectivity index (χ0n) is 21.2. The molecule has 0 aliphatic rings. The van der Waals surface area contributed by atoms with E-state index in [9.17, 15) is 0 Å². The van der Waals surface area contributed by atoms with Crippen LogP contribution in [-0.4, -0.2) is 12.3 Å². The standard InChI is InChI=1S/2C13H29P.2ClH.Ni/c2*1-2-3-4-5-6-7-8-9-10-11-12-13-14;;;/h2*2-14H2,1H3;2*1H;/q;;;;+2/p-2. The van der Waals surface area contributed by atoms with Gasteiger partial charge in [0.15, 0.2) is 0 Å². The van der Waals surface area contributed by atoms with E-state index in [1.54, 1.807) is 0 Å². The van der Waals surface area contributed by atoms with Crippen molar-refractivity contribution in [3.05, 3.63) is 0 Å². The van der Waals surface area contributed by atoms with Gasteiger partial charge >= 0.3 is 33.0 Å². The summed E-state index contributed by atoms with van der Waals surface area (Å²) in [7, 11) is 15.0. The molecule has 0 saturated heterocycles. The van der Waals surface area contributed by atoms with E-state index < -0.39 is 0 Å². The van der Waals surface area contributed by atoms with E-state index in [2.05, 4.69) is 32.3 Å². The molecule has 0 aliphatic heterocycles. The van der Waals surface area contributed by atoms with Gasteiger partial charge in [0, 0.05) is 0 Å². The normalized spacial score (nSPS) is 10.4. The van der Waals surface area contributed by atoms with Crippen LogP contribution < -0.4 is 0 Å². The molecular formula is C26H58Cl2NiP2. The maximum atomic E-state index is 4.70. The zero-order chi connectivity index (χ0) is 23.7. The van der Waals surface area contributed by atoms with Gasteiger partial charge < -0.3 is 0 Å². The van der Waals surface area contributed by atoms with Gasteiger partial charge in [0.2, 0.25) is 0 Å². The first-order valence-corrected chi connectivity index (χ1v) is 17.8. The summed E-state index contributed by atoms with van der Waals surface area (Å²) in [4.78, 5) is 0. The van der Waals surface area contributed by atoms with Crippen molar-refractivity contribution < 1.29 is 12.7 Å². The van der Waals surface area contributed by atoms with Crippen molar-refractivity contribution in [3.8, 4) is 0 Å². The van der Waals surface area contributed by atoms with Crippen LogP contribution in [0.15, 0.2) is 0 Å². The summed E-state index contributed by atoms with van der Waals surface area (Å²) < 4.78 is 0. The van der Waals surface area contributed by atoms with Crippen LogP contribution in [0.3, 0.4) is 0 Å². The molecule has 5 heteroatoms. The maximum absolute atomic E-state index is 4.70. The van der Waals surface area contributed by atoms with E-state index in [0.29, 0.717) is 12.7 Å². The van der Waals surface area contributed by atoms with E-state index in [0.717, 1.165) is 0 Å². The quantitative estimate of drug-likeness (QED) is 0.0700. The molecule has 0 aliphatic carbocycles. The Morgan fingerprint density at radius 3 is 0.710 bits per heavy atom. The van der Waals surface area contributed by atoms with Crippen LogP contribution in [0.1, 0.15) is 155 Å². The molecule has 0 radical (unpaired) electrons. The van der Waals surface area contributed by atoms with E-state index in [4.69, 9.17) is 20.4 Å². The molecule has 2 unspecified atom stereocenters. The van der Waals surface area contributed by atoms with Gasteiger partial charge in [-0.15, -0.1) is 18.5 Å². The van der Waals surface area contributed by atoms with E-state index in [-0.39, 0.29) is 0 Å². The van der Waals surface area contributed by atoms with Crippen LogP contribution in [-0.2, 0) is 12.7 Å². The number of hydrogen-bond donors (Lipinski definition) is 0. The van der Waals surface area contributed by atoms with Crippen molar-refractivity contribution in [1.29, 1.82) is 0 Å². The first-order valence-electron chi connectivity index (χ1n) is 13.5. The third-order valence-electron chi connectivity index (χ3n) is 5.62. The first-order chi connectivity index (χ1) is 15.2. The molecule has 0 spiro atoms. The van der Waals surface area contributed by atoms with Crippen molar-refractivity contribution in [3.63, 3.8) is 0 Å². The summed E-state index contributed by atoms with van der Waals surface area (Å²) >= 11 is 0.569. The molecule has 196 valence electrons. The zero-order valence-corrected chi connectivity index (χ0v) is 26.0. The molecular weight excluding hydrogens is 504 g/mol. The topological polar surface area (TPSA) is 0 Å². The molecule has 0 N–H and O–H groups in total. The summed E-state index contributed by atoms with van der Waals surface area (Å²) in [5.74, 6) is 0. The number of unbranched alkanes of at least 4 members (excludes halogenated alkanes) is 20. The van der Waals surface area contributed by atoms with Crippen LogP contribution in [0.2, 0.25) is 0 Å². The Hall–Kier alpha value is 1.93. The Labute approximate surface area is 218 Å². The van der Waals surface area contributed by atoms with Gasteiger partial charge in [0.05, 0.1) is 0 Å². The third-order valence-corrected chi connectivity index (χ3v) is 6.43. The predicted molar refractivity (Wildman–Crippen MR) is 154 cm³/mol. The monoisotopic (exact) mass is 560 g/mol. The summed E-state index contributed by atoms with van der Waals surface area (Å²) in [6.07, 6.45) is 34.5. The van der Waals surface area contributed by atoms with Gasteiger partial charge in [0.25, 0.3) is 0 Å². The Balaban J connectivity index is -0.000000448. The molecule has 0 aromatic heterocycles. The van der Waals surface area contributed by atoms with Crippen molar-refractivity contribution in [2.45, 2.75) is 155 Å². The second-order valence-corrected chi connectivity index (χ2v) is 11.5. The number of rotatable bonds is 22. The SMILES string of the molecule is CCCCCCCCCCCCCP.CCCCCCCCCCCCCP.[Cl][Ni][Cl]. The van der Waals surface area contributed by atoms with Crippen molar-refractivity contribution in [2.75, 3.05) is 12.3 Å².